The molecule has 2 aromatic heterocycles. The molecule has 2 aromatic carbocycles. The average Bonchev–Trinajstić information content (AvgIpc) is 3.24. The minimum absolute atomic E-state index is 0.0121. The molecule has 7 heteroatoms. The van der Waals surface area contributed by atoms with Gasteiger partial charge in [-0.1, -0.05) is 23.7 Å². The number of benzene rings is 2. The van der Waals surface area contributed by atoms with Gasteiger partial charge in [0.2, 0.25) is 0 Å². The summed E-state index contributed by atoms with van der Waals surface area (Å²) < 4.78 is 1.77. The van der Waals surface area contributed by atoms with Gasteiger partial charge in [-0.2, -0.15) is 5.10 Å². The summed E-state index contributed by atoms with van der Waals surface area (Å²) in [6.07, 6.45) is 0. The number of thiophene rings is 1. The number of rotatable bonds is 4. The van der Waals surface area contributed by atoms with Crippen molar-refractivity contribution in [1.29, 1.82) is 0 Å². The van der Waals surface area contributed by atoms with Crippen LogP contribution in [0.4, 0.5) is 5.69 Å². The summed E-state index contributed by atoms with van der Waals surface area (Å²) in [5.74, 6) is -0.219. The predicted octanol–water partition coefficient (Wildman–Crippen LogP) is 5.50. The lowest BCUT2D eigenvalue weighted by atomic mass is 10.1. The molecule has 0 bridgehead atoms. The van der Waals surface area contributed by atoms with Crippen molar-refractivity contribution < 1.29 is 9.59 Å². The van der Waals surface area contributed by atoms with Crippen LogP contribution < -0.4 is 5.32 Å². The van der Waals surface area contributed by atoms with Crippen LogP contribution in [0.3, 0.4) is 0 Å². The van der Waals surface area contributed by atoms with Crippen LogP contribution in [0.1, 0.15) is 32.6 Å². The van der Waals surface area contributed by atoms with Crippen molar-refractivity contribution in [2.45, 2.75) is 13.8 Å². The number of para-hydroxylation sites is 1. The second kappa shape index (κ2) is 7.22. The number of fused-ring (bicyclic) bond motifs is 1. The molecule has 0 aliphatic rings. The Kier molecular flexibility index (Phi) is 4.75. The van der Waals surface area contributed by atoms with Crippen molar-refractivity contribution >= 4 is 50.5 Å². The van der Waals surface area contributed by atoms with E-state index >= 15 is 0 Å². The number of Topliss-reactive ketones (excluding diaryl/α,β-unsaturated/α-hetero) is 1. The Morgan fingerprint density at radius 3 is 2.50 bits per heavy atom. The van der Waals surface area contributed by atoms with E-state index in [4.69, 9.17) is 11.6 Å². The van der Waals surface area contributed by atoms with Crippen LogP contribution >= 0.6 is 22.9 Å². The minimum atomic E-state index is -0.207. The number of hydrogen-bond donors (Lipinski definition) is 1. The smallest absolute Gasteiger partial charge is 0.265 e. The fourth-order valence-corrected chi connectivity index (χ4v) is 4.21. The molecule has 1 amide bonds. The minimum Gasteiger partial charge on any atom is -0.321 e. The summed E-state index contributed by atoms with van der Waals surface area (Å²) in [5.41, 5.74) is 2.85. The molecule has 5 nitrogen and oxygen atoms in total. The predicted molar refractivity (Wildman–Crippen MR) is 113 cm³/mol. The lowest BCUT2D eigenvalue weighted by molar-refractivity contribution is 0.101. The van der Waals surface area contributed by atoms with Crippen LogP contribution in [-0.4, -0.2) is 21.5 Å². The van der Waals surface area contributed by atoms with Gasteiger partial charge in [-0.3, -0.25) is 9.59 Å². The Morgan fingerprint density at radius 2 is 1.82 bits per heavy atom. The third kappa shape index (κ3) is 3.32. The zero-order chi connectivity index (χ0) is 19.8. The van der Waals surface area contributed by atoms with Gasteiger partial charge in [-0.25, -0.2) is 4.68 Å². The van der Waals surface area contributed by atoms with E-state index in [-0.39, 0.29) is 11.7 Å². The second-order valence-electron chi connectivity index (χ2n) is 6.37. The molecule has 1 N–H and O–H groups in total. The number of amides is 1. The molecule has 0 unspecified atom stereocenters. The van der Waals surface area contributed by atoms with E-state index in [1.54, 1.807) is 28.9 Å². The summed E-state index contributed by atoms with van der Waals surface area (Å²) in [5, 5.41) is 8.95. The summed E-state index contributed by atoms with van der Waals surface area (Å²) >= 11 is 7.68. The molecular formula is C21H16ClN3O2S. The Bertz CT molecular complexity index is 1210. The highest BCUT2D eigenvalue weighted by Gasteiger charge is 2.18. The van der Waals surface area contributed by atoms with Crippen LogP contribution in [0.2, 0.25) is 5.02 Å². The summed E-state index contributed by atoms with van der Waals surface area (Å²) in [7, 11) is 0. The summed E-state index contributed by atoms with van der Waals surface area (Å²) in [4.78, 5) is 25.5. The highest BCUT2D eigenvalue weighted by atomic mass is 35.5. The SMILES string of the molecule is CC(=O)c1ccc(NC(=O)c2cc3c(C)nn(-c4ccccc4Cl)c3s2)cc1. The van der Waals surface area contributed by atoms with Gasteiger partial charge >= 0.3 is 0 Å². The molecule has 0 fully saturated rings. The van der Waals surface area contributed by atoms with Crippen molar-refractivity contribution in [1.82, 2.24) is 9.78 Å². The highest BCUT2D eigenvalue weighted by Crippen LogP contribution is 2.32. The molecule has 2 heterocycles. The molecule has 0 saturated carbocycles. The molecular weight excluding hydrogens is 394 g/mol. The quantitative estimate of drug-likeness (QED) is 0.452. The number of carbonyl (C=O) groups excluding carboxylic acids is 2. The monoisotopic (exact) mass is 409 g/mol. The Labute approximate surface area is 170 Å². The first kappa shape index (κ1) is 18.4. The molecule has 0 spiro atoms. The fourth-order valence-electron chi connectivity index (χ4n) is 2.93. The number of aromatic nitrogens is 2. The van der Waals surface area contributed by atoms with Crippen LogP contribution in [0.5, 0.6) is 0 Å². The number of halogens is 1. The number of aryl methyl sites for hydroxylation is 1. The van der Waals surface area contributed by atoms with Crippen LogP contribution in [0.15, 0.2) is 54.6 Å². The van der Waals surface area contributed by atoms with E-state index in [1.807, 2.05) is 37.3 Å². The van der Waals surface area contributed by atoms with Crippen molar-refractivity contribution in [3.05, 3.63) is 75.8 Å². The lowest BCUT2D eigenvalue weighted by Gasteiger charge is -2.05. The van der Waals surface area contributed by atoms with Crippen molar-refractivity contribution in [3.63, 3.8) is 0 Å². The van der Waals surface area contributed by atoms with E-state index < -0.39 is 0 Å². The van der Waals surface area contributed by atoms with Crippen LogP contribution in [0.25, 0.3) is 15.9 Å². The van der Waals surface area contributed by atoms with E-state index in [9.17, 15) is 9.59 Å². The summed E-state index contributed by atoms with van der Waals surface area (Å²) in [6, 6.07) is 16.1. The molecule has 4 aromatic rings. The topological polar surface area (TPSA) is 64.0 Å². The van der Waals surface area contributed by atoms with Gasteiger partial charge in [0.15, 0.2) is 5.78 Å². The van der Waals surface area contributed by atoms with E-state index in [0.717, 1.165) is 21.6 Å². The average molecular weight is 410 g/mol. The van der Waals surface area contributed by atoms with E-state index in [2.05, 4.69) is 10.4 Å². The van der Waals surface area contributed by atoms with Crippen LogP contribution in [0, 0.1) is 6.92 Å². The third-order valence-corrected chi connectivity index (χ3v) is 5.83. The number of hydrogen-bond acceptors (Lipinski definition) is 4. The van der Waals surface area contributed by atoms with E-state index in [1.165, 1.54) is 18.3 Å². The van der Waals surface area contributed by atoms with Crippen molar-refractivity contribution in [2.75, 3.05) is 5.32 Å². The first-order valence-electron chi connectivity index (χ1n) is 8.60. The van der Waals surface area contributed by atoms with Gasteiger partial charge in [0.05, 0.1) is 21.3 Å². The highest BCUT2D eigenvalue weighted by molar-refractivity contribution is 7.20. The molecule has 0 atom stereocenters. The van der Waals surface area contributed by atoms with Gasteiger partial charge in [0, 0.05) is 16.6 Å². The van der Waals surface area contributed by atoms with Crippen molar-refractivity contribution in [2.24, 2.45) is 0 Å². The zero-order valence-electron chi connectivity index (χ0n) is 15.2. The number of anilines is 1. The molecule has 4 rings (SSSR count). The van der Waals surface area contributed by atoms with E-state index in [0.29, 0.717) is 21.2 Å². The number of nitrogens with zero attached hydrogens (tertiary/aromatic N) is 2. The molecule has 0 radical (unpaired) electrons. The first-order chi connectivity index (χ1) is 13.4. The maximum absolute atomic E-state index is 12.7. The number of ketones is 1. The molecule has 140 valence electrons. The van der Waals surface area contributed by atoms with Gasteiger partial charge in [-0.15, -0.1) is 11.3 Å². The maximum atomic E-state index is 12.7. The van der Waals surface area contributed by atoms with Crippen LogP contribution in [-0.2, 0) is 0 Å². The fraction of sp³-hybridized carbons (Fsp3) is 0.0952. The molecule has 28 heavy (non-hydrogen) atoms. The zero-order valence-corrected chi connectivity index (χ0v) is 16.8. The largest absolute Gasteiger partial charge is 0.321 e. The Balaban J connectivity index is 1.66. The second-order valence-corrected chi connectivity index (χ2v) is 7.80. The standard InChI is InChI=1S/C21H16ClN3O2S/c1-12-16-11-19(20(27)23-15-9-7-14(8-10-15)13(2)26)28-21(16)25(24-12)18-6-4-3-5-17(18)22/h3-11H,1-2H3,(H,23,27). The lowest BCUT2D eigenvalue weighted by Crippen LogP contribution is -2.10. The first-order valence-corrected chi connectivity index (χ1v) is 9.80. The maximum Gasteiger partial charge on any atom is 0.265 e. The number of carbonyl (C=O) groups is 2. The third-order valence-electron chi connectivity index (χ3n) is 4.40. The Hall–Kier alpha value is -2.96. The molecule has 0 aliphatic heterocycles. The summed E-state index contributed by atoms with van der Waals surface area (Å²) in [6.45, 7) is 3.42. The Morgan fingerprint density at radius 1 is 1.11 bits per heavy atom. The van der Waals surface area contributed by atoms with Crippen molar-refractivity contribution in [3.8, 4) is 5.69 Å². The molecule has 0 aliphatic carbocycles. The normalized spacial score (nSPS) is 11.0. The van der Waals surface area contributed by atoms with Gasteiger partial charge in [0.25, 0.3) is 5.91 Å². The molecule has 0 saturated heterocycles. The van der Waals surface area contributed by atoms with Gasteiger partial charge in [0.1, 0.15) is 4.83 Å². The van der Waals surface area contributed by atoms with Gasteiger partial charge in [-0.05, 0) is 56.3 Å². The van der Waals surface area contributed by atoms with Gasteiger partial charge < -0.3 is 5.32 Å². The number of nitrogens with one attached hydrogen (secondary N) is 1.